The molecule has 0 atom stereocenters. The van der Waals surface area contributed by atoms with Crippen molar-refractivity contribution in [2.24, 2.45) is 0 Å². The van der Waals surface area contributed by atoms with Gasteiger partial charge in [0.2, 0.25) is 0 Å². The Bertz CT molecular complexity index is 3040. The Kier molecular flexibility index (Phi) is 7.33. The maximum absolute atomic E-state index is 6.88. The lowest BCUT2D eigenvalue weighted by Crippen LogP contribution is -2.22. The highest BCUT2D eigenvalue weighted by atomic mass is 16.3. The van der Waals surface area contributed by atoms with Crippen molar-refractivity contribution in [1.29, 1.82) is 0 Å². The Labute approximate surface area is 326 Å². The maximum Gasteiger partial charge on any atom is 0.159 e. The van der Waals surface area contributed by atoms with E-state index in [9.17, 15) is 0 Å². The largest absolute Gasteiger partial charge is 0.454 e. The molecule has 0 bridgehead atoms. The molecule has 1 aliphatic rings. The molecule has 0 radical (unpaired) electrons. The van der Waals surface area contributed by atoms with E-state index in [4.69, 9.17) is 4.42 Å². The molecule has 0 N–H and O–H groups in total. The van der Waals surface area contributed by atoms with Crippen LogP contribution < -0.4 is 4.90 Å². The summed E-state index contributed by atoms with van der Waals surface area (Å²) in [7, 11) is 0. The van der Waals surface area contributed by atoms with Crippen molar-refractivity contribution >= 4 is 49.8 Å². The van der Waals surface area contributed by atoms with Crippen LogP contribution in [0, 0.1) is 0 Å². The fourth-order valence-electron chi connectivity index (χ4n) is 9.07. The van der Waals surface area contributed by atoms with Crippen molar-refractivity contribution in [2.75, 3.05) is 4.90 Å². The molecule has 0 saturated carbocycles. The van der Waals surface area contributed by atoms with Crippen molar-refractivity contribution < 1.29 is 4.42 Å². The first-order chi connectivity index (χ1) is 27.6. The molecule has 56 heavy (non-hydrogen) atoms. The van der Waals surface area contributed by atoms with Gasteiger partial charge in [0.25, 0.3) is 0 Å². The Morgan fingerprint density at radius 1 is 0.411 bits per heavy atom. The summed E-state index contributed by atoms with van der Waals surface area (Å²) in [6.07, 6.45) is 0. The summed E-state index contributed by atoms with van der Waals surface area (Å²) in [6.45, 7) is 2.37. The molecule has 9 aromatic carbocycles. The number of hydrogen-bond donors (Lipinski definition) is 0. The van der Waals surface area contributed by atoms with E-state index in [1.54, 1.807) is 0 Å². The summed E-state index contributed by atoms with van der Waals surface area (Å²) in [6, 6.07) is 74.6. The van der Waals surface area contributed by atoms with E-state index in [1.165, 1.54) is 60.8 Å². The smallest absolute Gasteiger partial charge is 0.159 e. The molecule has 1 aromatic heterocycles. The SMILES string of the molecule is CC1(c2ccc3oc4c(N(c5ccc(-c6ccccc6)cc5)c5ccc(-c6ccc7ccccc7c6)cc5)cccc4c3c2)c2ccccc2-c2ccccc21. The lowest BCUT2D eigenvalue weighted by molar-refractivity contribution is 0.667. The van der Waals surface area contributed by atoms with Gasteiger partial charge in [-0.05, 0) is 116 Å². The third kappa shape index (κ3) is 5.03. The molecular formula is C54H37NO. The molecule has 0 amide bonds. The number of anilines is 3. The van der Waals surface area contributed by atoms with Gasteiger partial charge in [-0.3, -0.25) is 0 Å². The Morgan fingerprint density at radius 2 is 0.982 bits per heavy atom. The summed E-state index contributed by atoms with van der Waals surface area (Å²) in [4.78, 5) is 2.33. The molecule has 0 aliphatic heterocycles. The number of rotatable bonds is 6. The molecule has 11 rings (SSSR count). The van der Waals surface area contributed by atoms with E-state index >= 15 is 0 Å². The van der Waals surface area contributed by atoms with Gasteiger partial charge < -0.3 is 9.32 Å². The molecular weight excluding hydrogens is 679 g/mol. The number of para-hydroxylation sites is 1. The molecule has 0 spiro atoms. The van der Waals surface area contributed by atoms with Crippen LogP contribution in [0.15, 0.2) is 211 Å². The summed E-state index contributed by atoms with van der Waals surface area (Å²) in [5.74, 6) is 0. The molecule has 2 nitrogen and oxygen atoms in total. The van der Waals surface area contributed by atoms with Crippen LogP contribution in [0.4, 0.5) is 17.1 Å². The molecule has 0 unspecified atom stereocenters. The topological polar surface area (TPSA) is 16.4 Å². The molecule has 1 aliphatic carbocycles. The minimum absolute atomic E-state index is 0.290. The average molecular weight is 716 g/mol. The van der Waals surface area contributed by atoms with Crippen molar-refractivity contribution in [2.45, 2.75) is 12.3 Å². The molecule has 264 valence electrons. The first-order valence-electron chi connectivity index (χ1n) is 19.3. The summed E-state index contributed by atoms with van der Waals surface area (Å²) >= 11 is 0. The first kappa shape index (κ1) is 32.3. The number of nitrogens with zero attached hydrogens (tertiary/aromatic N) is 1. The summed E-state index contributed by atoms with van der Waals surface area (Å²) in [5.41, 5.74) is 15.9. The van der Waals surface area contributed by atoms with E-state index < -0.39 is 0 Å². The standard InChI is InChI=1S/C54H37NO/c1-54(49-19-9-7-16-45(49)46-17-8-10-20-50(46)54)42-28-33-52-48(35-42)47-18-11-21-51(53(47)56-52)55(43-29-24-38(25-30-43)36-12-3-2-4-13-36)44-31-26-39(27-32-44)41-23-22-37-14-5-6-15-40(37)34-41/h2-35H,1H3. The number of benzene rings is 9. The van der Waals surface area contributed by atoms with E-state index in [0.29, 0.717) is 0 Å². The monoisotopic (exact) mass is 715 g/mol. The Morgan fingerprint density at radius 3 is 1.68 bits per heavy atom. The normalized spacial score (nSPS) is 12.9. The highest BCUT2D eigenvalue weighted by molar-refractivity contribution is 6.10. The van der Waals surface area contributed by atoms with E-state index in [0.717, 1.165) is 39.0 Å². The molecule has 10 aromatic rings. The van der Waals surface area contributed by atoms with Gasteiger partial charge in [0.1, 0.15) is 5.58 Å². The zero-order valence-corrected chi connectivity index (χ0v) is 31.0. The maximum atomic E-state index is 6.88. The van der Waals surface area contributed by atoms with Gasteiger partial charge >= 0.3 is 0 Å². The minimum Gasteiger partial charge on any atom is -0.454 e. The van der Waals surface area contributed by atoms with E-state index in [1.807, 2.05) is 0 Å². The van der Waals surface area contributed by atoms with Gasteiger partial charge in [0.15, 0.2) is 5.58 Å². The van der Waals surface area contributed by atoms with Crippen LogP contribution in [-0.2, 0) is 5.41 Å². The lowest BCUT2D eigenvalue weighted by Gasteiger charge is -2.28. The first-order valence-corrected chi connectivity index (χ1v) is 19.3. The summed E-state index contributed by atoms with van der Waals surface area (Å²) in [5, 5.41) is 4.70. The second-order valence-electron chi connectivity index (χ2n) is 15.0. The van der Waals surface area contributed by atoms with Crippen LogP contribution in [0.5, 0.6) is 0 Å². The Hall–Kier alpha value is -7.16. The number of fused-ring (bicyclic) bond motifs is 7. The molecule has 1 heterocycles. The highest BCUT2D eigenvalue weighted by Crippen LogP contribution is 2.53. The van der Waals surface area contributed by atoms with Crippen LogP contribution in [0.25, 0.3) is 66.1 Å². The quantitative estimate of drug-likeness (QED) is 0.170. The van der Waals surface area contributed by atoms with Gasteiger partial charge in [0.05, 0.1) is 5.69 Å². The van der Waals surface area contributed by atoms with E-state index in [2.05, 4.69) is 218 Å². The van der Waals surface area contributed by atoms with Crippen LogP contribution in [-0.4, -0.2) is 0 Å². The second-order valence-corrected chi connectivity index (χ2v) is 15.0. The second kappa shape index (κ2) is 12.7. The third-order valence-electron chi connectivity index (χ3n) is 12.0. The van der Waals surface area contributed by atoms with Crippen LogP contribution in [0.1, 0.15) is 23.6 Å². The fourth-order valence-corrected chi connectivity index (χ4v) is 9.07. The molecule has 2 heteroatoms. The van der Waals surface area contributed by atoms with Crippen LogP contribution in [0.2, 0.25) is 0 Å². The zero-order valence-electron chi connectivity index (χ0n) is 31.0. The van der Waals surface area contributed by atoms with Gasteiger partial charge in [0, 0.05) is 27.6 Å². The number of hydrogen-bond acceptors (Lipinski definition) is 2. The zero-order chi connectivity index (χ0) is 37.2. The van der Waals surface area contributed by atoms with Gasteiger partial charge in [-0.1, -0.05) is 158 Å². The molecule has 0 fully saturated rings. The highest BCUT2D eigenvalue weighted by Gasteiger charge is 2.40. The predicted molar refractivity (Wildman–Crippen MR) is 234 cm³/mol. The molecule has 0 saturated heterocycles. The van der Waals surface area contributed by atoms with E-state index in [-0.39, 0.29) is 5.41 Å². The third-order valence-corrected chi connectivity index (χ3v) is 12.0. The van der Waals surface area contributed by atoms with Gasteiger partial charge in [-0.25, -0.2) is 0 Å². The van der Waals surface area contributed by atoms with Gasteiger partial charge in [-0.15, -0.1) is 0 Å². The fraction of sp³-hybridized carbons (Fsp3) is 0.0370. The van der Waals surface area contributed by atoms with Crippen LogP contribution in [0.3, 0.4) is 0 Å². The van der Waals surface area contributed by atoms with Gasteiger partial charge in [-0.2, -0.15) is 0 Å². The lowest BCUT2D eigenvalue weighted by atomic mass is 9.74. The van der Waals surface area contributed by atoms with Crippen molar-refractivity contribution in [3.8, 4) is 33.4 Å². The summed E-state index contributed by atoms with van der Waals surface area (Å²) < 4.78 is 6.88. The predicted octanol–water partition coefficient (Wildman–Crippen LogP) is 14.9. The number of furan rings is 1. The minimum atomic E-state index is -0.290. The van der Waals surface area contributed by atoms with Crippen LogP contribution >= 0.6 is 0 Å². The van der Waals surface area contributed by atoms with Crippen molar-refractivity contribution in [1.82, 2.24) is 0 Å². The Balaban J connectivity index is 1.05. The van der Waals surface area contributed by atoms with Crippen molar-refractivity contribution in [3.05, 3.63) is 223 Å². The average Bonchev–Trinajstić information content (AvgIpc) is 3.78. The van der Waals surface area contributed by atoms with Crippen molar-refractivity contribution in [3.63, 3.8) is 0 Å².